The molecule has 2 aromatic rings. The van der Waals surface area contributed by atoms with Gasteiger partial charge in [-0.1, -0.05) is 11.6 Å². The van der Waals surface area contributed by atoms with Crippen molar-refractivity contribution >= 4 is 28.5 Å². The number of benzene rings is 1. The summed E-state index contributed by atoms with van der Waals surface area (Å²) >= 11 is 6.16. The van der Waals surface area contributed by atoms with Crippen LogP contribution in [0, 0.1) is 0 Å². The highest BCUT2D eigenvalue weighted by Crippen LogP contribution is 2.22. The highest BCUT2D eigenvalue weighted by Gasteiger charge is 2.19. The molecule has 2 heterocycles. The van der Waals surface area contributed by atoms with Crippen molar-refractivity contribution in [3.63, 3.8) is 0 Å². The molecule has 1 saturated heterocycles. The lowest BCUT2D eigenvalue weighted by Crippen LogP contribution is -2.49. The number of guanidine groups is 1. The summed E-state index contributed by atoms with van der Waals surface area (Å²) in [7, 11) is 0. The minimum Gasteiger partial charge on any atom is -0.377 e. The largest absolute Gasteiger partial charge is 0.377 e. The van der Waals surface area contributed by atoms with Gasteiger partial charge in [-0.25, -0.2) is 0 Å². The lowest BCUT2D eigenvalue weighted by atomic mass is 10.1. The Morgan fingerprint density at radius 3 is 2.87 bits per heavy atom. The Bertz CT molecular complexity index is 811. The maximum Gasteiger partial charge on any atom is 0.191 e. The van der Waals surface area contributed by atoms with E-state index in [1.165, 1.54) is 10.9 Å². The van der Waals surface area contributed by atoms with Crippen molar-refractivity contribution in [2.24, 2.45) is 4.99 Å². The highest BCUT2D eigenvalue weighted by molar-refractivity contribution is 6.31. The molecule has 0 unspecified atom stereocenters. The first-order chi connectivity index (χ1) is 14.5. The maximum atomic E-state index is 6.16. The number of fused-ring (bicyclic) bond motifs is 1. The van der Waals surface area contributed by atoms with Gasteiger partial charge in [0.05, 0.1) is 12.7 Å². The zero-order valence-corrected chi connectivity index (χ0v) is 19.3. The minimum absolute atomic E-state index is 0.310. The number of likely N-dealkylation sites (tertiary alicyclic amines) is 1. The van der Waals surface area contributed by atoms with E-state index < -0.39 is 0 Å². The summed E-state index contributed by atoms with van der Waals surface area (Å²) in [5.74, 6) is 0.914. The van der Waals surface area contributed by atoms with Gasteiger partial charge < -0.3 is 25.3 Å². The van der Waals surface area contributed by atoms with Crippen LogP contribution in [0.15, 0.2) is 29.4 Å². The van der Waals surface area contributed by atoms with Crippen LogP contribution in [0.2, 0.25) is 5.02 Å². The maximum absolute atomic E-state index is 6.16. The number of aliphatic imine (C=N–C) groups is 1. The molecular weight excluding hydrogens is 398 g/mol. The Hall–Kier alpha value is -1.76. The van der Waals surface area contributed by atoms with E-state index >= 15 is 0 Å². The van der Waals surface area contributed by atoms with Crippen molar-refractivity contribution in [3.8, 4) is 0 Å². The van der Waals surface area contributed by atoms with E-state index in [1.54, 1.807) is 0 Å². The fraction of sp³-hybridized carbons (Fsp3) is 0.609. The van der Waals surface area contributed by atoms with Crippen molar-refractivity contribution in [2.45, 2.75) is 52.2 Å². The van der Waals surface area contributed by atoms with Crippen molar-refractivity contribution in [1.29, 1.82) is 0 Å². The van der Waals surface area contributed by atoms with Crippen molar-refractivity contribution in [3.05, 3.63) is 35.0 Å². The van der Waals surface area contributed by atoms with Gasteiger partial charge in [0.1, 0.15) is 0 Å². The second kappa shape index (κ2) is 11.6. The van der Waals surface area contributed by atoms with Crippen LogP contribution >= 0.6 is 11.6 Å². The predicted molar refractivity (Wildman–Crippen MR) is 127 cm³/mol. The number of ether oxygens (including phenoxy) is 1. The number of hydrogen-bond donors (Lipinski definition) is 3. The molecule has 0 aliphatic carbocycles. The Balaban J connectivity index is 1.47. The third-order valence-corrected chi connectivity index (χ3v) is 5.75. The van der Waals surface area contributed by atoms with Crippen molar-refractivity contribution in [2.75, 3.05) is 39.3 Å². The molecular formula is C23H36ClN5O. The highest BCUT2D eigenvalue weighted by atomic mass is 35.5. The zero-order valence-electron chi connectivity index (χ0n) is 18.5. The molecule has 1 fully saturated rings. The lowest BCUT2D eigenvalue weighted by Gasteiger charge is -2.33. The quantitative estimate of drug-likeness (QED) is 0.415. The smallest absolute Gasteiger partial charge is 0.191 e. The Labute approximate surface area is 185 Å². The van der Waals surface area contributed by atoms with Gasteiger partial charge in [-0.05, 0) is 63.8 Å². The van der Waals surface area contributed by atoms with Crippen LogP contribution in [-0.4, -0.2) is 67.3 Å². The van der Waals surface area contributed by atoms with Gasteiger partial charge in [-0.15, -0.1) is 0 Å². The van der Waals surface area contributed by atoms with Crippen LogP contribution in [0.1, 0.15) is 39.2 Å². The van der Waals surface area contributed by atoms with E-state index in [1.807, 2.05) is 18.2 Å². The Morgan fingerprint density at radius 2 is 2.13 bits per heavy atom. The number of hydrogen-bond acceptors (Lipinski definition) is 3. The molecule has 1 aliphatic heterocycles. The van der Waals surface area contributed by atoms with Gasteiger partial charge in [0.2, 0.25) is 0 Å². The van der Waals surface area contributed by atoms with Gasteiger partial charge in [-0.3, -0.25) is 4.99 Å². The second-order valence-corrected chi connectivity index (χ2v) is 8.63. The van der Waals surface area contributed by atoms with Crippen LogP contribution in [0.25, 0.3) is 10.9 Å². The first kappa shape index (κ1) is 22.9. The van der Waals surface area contributed by atoms with Crippen LogP contribution in [0.4, 0.5) is 0 Å². The topological polar surface area (TPSA) is 64.7 Å². The van der Waals surface area contributed by atoms with Crippen LogP contribution in [-0.2, 0) is 11.2 Å². The summed E-state index contributed by atoms with van der Waals surface area (Å²) in [5, 5.41) is 8.97. The molecule has 166 valence electrons. The van der Waals surface area contributed by atoms with E-state index in [2.05, 4.69) is 47.5 Å². The Morgan fingerprint density at radius 1 is 1.33 bits per heavy atom. The van der Waals surface area contributed by atoms with Gasteiger partial charge in [0.15, 0.2) is 5.96 Å². The number of halogens is 1. The molecule has 0 radical (unpaired) electrons. The van der Waals surface area contributed by atoms with Gasteiger partial charge in [-0.2, -0.15) is 0 Å². The molecule has 6 nitrogen and oxygen atoms in total. The Kier molecular flexibility index (Phi) is 8.85. The van der Waals surface area contributed by atoms with Crippen LogP contribution < -0.4 is 10.6 Å². The van der Waals surface area contributed by atoms with Gasteiger partial charge in [0, 0.05) is 60.9 Å². The van der Waals surface area contributed by atoms with Crippen LogP contribution in [0.3, 0.4) is 0 Å². The molecule has 0 amide bonds. The van der Waals surface area contributed by atoms with Crippen molar-refractivity contribution in [1.82, 2.24) is 20.5 Å². The summed E-state index contributed by atoms with van der Waals surface area (Å²) in [6.07, 6.45) is 5.52. The normalized spacial score (nSPS) is 16.5. The third-order valence-electron chi connectivity index (χ3n) is 5.51. The fourth-order valence-corrected chi connectivity index (χ4v) is 4.05. The molecule has 3 N–H and O–H groups in total. The SMILES string of the molecule is CCNC(=NCCc1c[nH]c2ccc(Cl)cc12)NC1CCN(CCOC(C)C)CC1. The number of rotatable bonds is 9. The summed E-state index contributed by atoms with van der Waals surface area (Å²) in [6, 6.07) is 6.43. The zero-order chi connectivity index (χ0) is 21.3. The fourth-order valence-electron chi connectivity index (χ4n) is 3.88. The molecule has 1 aliphatic rings. The first-order valence-corrected chi connectivity index (χ1v) is 11.6. The molecule has 1 aromatic heterocycles. The second-order valence-electron chi connectivity index (χ2n) is 8.19. The van der Waals surface area contributed by atoms with Crippen molar-refractivity contribution < 1.29 is 4.74 Å². The van der Waals surface area contributed by atoms with E-state index in [-0.39, 0.29) is 0 Å². The molecule has 1 aromatic carbocycles. The van der Waals surface area contributed by atoms with Gasteiger partial charge >= 0.3 is 0 Å². The third kappa shape index (κ3) is 6.89. The van der Waals surface area contributed by atoms with E-state index in [0.29, 0.717) is 12.1 Å². The summed E-state index contributed by atoms with van der Waals surface area (Å²) in [6.45, 7) is 11.9. The van der Waals surface area contributed by atoms with E-state index in [0.717, 1.165) is 75.1 Å². The lowest BCUT2D eigenvalue weighted by molar-refractivity contribution is 0.0532. The van der Waals surface area contributed by atoms with Crippen LogP contribution in [0.5, 0.6) is 0 Å². The molecule has 3 rings (SSSR count). The van der Waals surface area contributed by atoms with Gasteiger partial charge in [0.25, 0.3) is 0 Å². The van der Waals surface area contributed by atoms with E-state index in [4.69, 9.17) is 21.3 Å². The predicted octanol–water partition coefficient (Wildman–Crippen LogP) is 3.81. The molecule has 0 spiro atoms. The summed E-state index contributed by atoms with van der Waals surface area (Å²) in [5.41, 5.74) is 2.37. The molecule has 30 heavy (non-hydrogen) atoms. The average molecular weight is 434 g/mol. The summed E-state index contributed by atoms with van der Waals surface area (Å²) in [4.78, 5) is 10.6. The number of H-pyrrole nitrogens is 1. The monoisotopic (exact) mass is 433 g/mol. The number of nitrogens with zero attached hydrogens (tertiary/aromatic N) is 2. The summed E-state index contributed by atoms with van der Waals surface area (Å²) < 4.78 is 5.68. The molecule has 7 heteroatoms. The standard InChI is InChI=1S/C23H36ClN5O/c1-4-25-23(28-20-8-11-29(12-9-20)13-14-30-17(2)3)26-10-7-18-16-27-22-6-5-19(24)15-21(18)22/h5-6,15-17,20,27H,4,7-14H2,1-3H3,(H2,25,26,28). The number of aromatic amines is 1. The number of aromatic nitrogens is 1. The first-order valence-electron chi connectivity index (χ1n) is 11.2. The van der Waals surface area contributed by atoms with E-state index in [9.17, 15) is 0 Å². The number of nitrogens with one attached hydrogen (secondary N) is 3. The molecule has 0 atom stereocenters. The minimum atomic E-state index is 0.310. The molecule has 0 bridgehead atoms. The average Bonchev–Trinajstić information content (AvgIpc) is 3.11. The molecule has 0 saturated carbocycles. The number of piperidine rings is 1.